The van der Waals surface area contributed by atoms with Crippen molar-refractivity contribution in [1.29, 1.82) is 0 Å². The fourth-order valence-corrected chi connectivity index (χ4v) is 4.73. The number of halogens is 1. The van der Waals surface area contributed by atoms with Crippen LogP contribution in [0.4, 0.5) is 4.39 Å². The van der Waals surface area contributed by atoms with Gasteiger partial charge in [-0.05, 0) is 42.2 Å². The lowest BCUT2D eigenvalue weighted by atomic mass is 9.83. The summed E-state index contributed by atoms with van der Waals surface area (Å²) >= 11 is 0. The summed E-state index contributed by atoms with van der Waals surface area (Å²) in [4.78, 5) is 0.189. The van der Waals surface area contributed by atoms with Gasteiger partial charge < -0.3 is 4.74 Å². The molecule has 2 aliphatic heterocycles. The molecule has 0 amide bonds. The highest BCUT2D eigenvalue weighted by Crippen LogP contribution is 2.34. The van der Waals surface area contributed by atoms with Crippen LogP contribution in [0, 0.1) is 11.2 Å². The number of hydrazone groups is 1. The molecule has 4 rings (SSSR count). The van der Waals surface area contributed by atoms with Gasteiger partial charge in [0.25, 0.3) is 10.0 Å². The highest BCUT2D eigenvalue weighted by atomic mass is 32.2. The van der Waals surface area contributed by atoms with Gasteiger partial charge in [0.05, 0.1) is 12.8 Å². The summed E-state index contributed by atoms with van der Waals surface area (Å²) in [5, 5.41) is 6.31. The quantitative estimate of drug-likeness (QED) is 0.773. The van der Waals surface area contributed by atoms with Gasteiger partial charge in [-0.3, -0.25) is 0 Å². The van der Waals surface area contributed by atoms with Crippen LogP contribution in [-0.2, 0) is 10.0 Å². The van der Waals surface area contributed by atoms with E-state index in [2.05, 4.69) is 23.3 Å². The molecule has 2 aliphatic rings. The van der Waals surface area contributed by atoms with Crippen molar-refractivity contribution in [3.05, 3.63) is 59.4 Å². The molecule has 0 unspecified atom stereocenters. The molecule has 2 aromatic carbocycles. The first-order valence-electron chi connectivity index (χ1n) is 8.83. The number of fused-ring (bicyclic) bond motifs is 1. The molecular weight excluding hydrogens is 381 g/mol. The van der Waals surface area contributed by atoms with Crippen molar-refractivity contribution < 1.29 is 17.5 Å². The van der Waals surface area contributed by atoms with E-state index in [1.54, 1.807) is 41.4 Å². The van der Waals surface area contributed by atoms with Gasteiger partial charge in [0.2, 0.25) is 0 Å². The number of benzene rings is 2. The predicted molar refractivity (Wildman–Crippen MR) is 105 cm³/mol. The van der Waals surface area contributed by atoms with Crippen LogP contribution in [0.3, 0.4) is 0 Å². The van der Waals surface area contributed by atoms with E-state index < -0.39 is 15.8 Å². The largest absolute Gasteiger partial charge is 0.494 e. The summed E-state index contributed by atoms with van der Waals surface area (Å²) in [6.07, 6.45) is 0.653. The number of hydrogen-bond donors (Lipinski definition) is 0. The van der Waals surface area contributed by atoms with Crippen LogP contribution in [0.5, 0.6) is 5.75 Å². The highest BCUT2D eigenvalue weighted by molar-refractivity contribution is 7.90. The Labute approximate surface area is 163 Å². The van der Waals surface area contributed by atoms with Gasteiger partial charge in [-0.1, -0.05) is 26.0 Å². The summed E-state index contributed by atoms with van der Waals surface area (Å²) in [5.74, 6) is 0.00942. The van der Waals surface area contributed by atoms with Gasteiger partial charge >= 0.3 is 0 Å². The summed E-state index contributed by atoms with van der Waals surface area (Å²) in [5.41, 5.74) is 1.80. The van der Waals surface area contributed by atoms with Crippen molar-refractivity contribution in [3.63, 3.8) is 0 Å². The predicted octanol–water partition coefficient (Wildman–Crippen LogP) is 3.42. The summed E-state index contributed by atoms with van der Waals surface area (Å²) in [7, 11) is -2.32. The Balaban J connectivity index is 1.81. The number of methoxy groups -OCH3 is 1. The Morgan fingerprint density at radius 1 is 1.18 bits per heavy atom. The second-order valence-electron chi connectivity index (χ2n) is 7.68. The van der Waals surface area contributed by atoms with Gasteiger partial charge in [-0.25, -0.2) is 9.40 Å². The van der Waals surface area contributed by atoms with E-state index in [1.807, 2.05) is 0 Å². The molecule has 2 heterocycles. The molecule has 0 fully saturated rings. The molecule has 28 heavy (non-hydrogen) atoms. The molecule has 0 atom stereocenters. The zero-order chi connectivity index (χ0) is 20.1. The van der Waals surface area contributed by atoms with Crippen molar-refractivity contribution in [2.75, 3.05) is 13.7 Å². The molecule has 0 bridgehead atoms. The van der Waals surface area contributed by atoms with E-state index in [1.165, 1.54) is 13.2 Å². The summed E-state index contributed by atoms with van der Waals surface area (Å²) in [6, 6.07) is 11.3. The first-order valence-corrected chi connectivity index (χ1v) is 10.3. The number of hydrogen-bond acceptors (Lipinski definition) is 5. The average Bonchev–Trinajstić information content (AvgIpc) is 2.92. The number of amidine groups is 1. The molecule has 0 aromatic heterocycles. The molecular formula is C20H20FN3O3S. The van der Waals surface area contributed by atoms with Crippen LogP contribution in [0.25, 0.3) is 0 Å². The zero-order valence-electron chi connectivity index (χ0n) is 15.8. The monoisotopic (exact) mass is 401 g/mol. The topological polar surface area (TPSA) is 71.3 Å². The SMILES string of the molecule is COc1cc(C2=NN(C3=NS(=O)(=O)c4ccccc43)CC(C)(C)C2)ccc1F. The maximum Gasteiger partial charge on any atom is 0.285 e. The molecule has 0 aliphatic carbocycles. The Bertz CT molecular complexity index is 1120. The van der Waals surface area contributed by atoms with Crippen LogP contribution in [0.15, 0.2) is 56.9 Å². The minimum Gasteiger partial charge on any atom is -0.494 e. The summed E-state index contributed by atoms with van der Waals surface area (Å²) < 4.78 is 47.7. The minimum absolute atomic E-state index is 0.140. The van der Waals surface area contributed by atoms with Gasteiger partial charge in [-0.15, -0.1) is 4.40 Å². The van der Waals surface area contributed by atoms with E-state index in [4.69, 9.17) is 4.74 Å². The molecule has 0 spiro atoms. The third-order valence-electron chi connectivity index (χ3n) is 4.81. The van der Waals surface area contributed by atoms with E-state index in [9.17, 15) is 12.8 Å². The van der Waals surface area contributed by atoms with Gasteiger partial charge in [0.1, 0.15) is 4.90 Å². The number of ether oxygens (including phenoxy) is 1. The van der Waals surface area contributed by atoms with E-state index >= 15 is 0 Å². The zero-order valence-corrected chi connectivity index (χ0v) is 16.6. The van der Waals surface area contributed by atoms with Gasteiger partial charge in [0, 0.05) is 17.7 Å². The highest BCUT2D eigenvalue weighted by Gasteiger charge is 2.37. The van der Waals surface area contributed by atoms with E-state index in [-0.39, 0.29) is 16.1 Å². The van der Waals surface area contributed by atoms with Crippen LogP contribution < -0.4 is 4.74 Å². The van der Waals surface area contributed by atoms with Crippen molar-refractivity contribution in [3.8, 4) is 5.75 Å². The molecule has 8 heteroatoms. The Morgan fingerprint density at radius 3 is 2.68 bits per heavy atom. The minimum atomic E-state index is -3.73. The normalized spacial score (nSPS) is 19.6. The van der Waals surface area contributed by atoms with E-state index in [0.717, 1.165) is 11.3 Å². The van der Waals surface area contributed by atoms with Crippen LogP contribution in [0.2, 0.25) is 0 Å². The number of rotatable bonds is 2. The van der Waals surface area contributed by atoms with Gasteiger partial charge in [0.15, 0.2) is 17.4 Å². The van der Waals surface area contributed by atoms with Crippen molar-refractivity contribution in [1.82, 2.24) is 5.01 Å². The van der Waals surface area contributed by atoms with Gasteiger partial charge in [-0.2, -0.15) is 13.5 Å². The molecule has 6 nitrogen and oxygen atoms in total. The van der Waals surface area contributed by atoms with Crippen molar-refractivity contribution in [2.45, 2.75) is 25.2 Å². The van der Waals surface area contributed by atoms with E-state index in [0.29, 0.717) is 24.4 Å². The fraction of sp³-hybridized carbons (Fsp3) is 0.300. The first kappa shape index (κ1) is 18.6. The molecule has 0 N–H and O–H groups in total. The average molecular weight is 401 g/mol. The third-order valence-corrected chi connectivity index (χ3v) is 6.13. The fourth-order valence-electron chi connectivity index (χ4n) is 3.53. The van der Waals surface area contributed by atoms with Crippen molar-refractivity contribution in [2.24, 2.45) is 14.9 Å². The number of sulfonamides is 1. The molecule has 0 saturated heterocycles. The lowest BCUT2D eigenvalue weighted by Gasteiger charge is -2.36. The smallest absolute Gasteiger partial charge is 0.285 e. The maximum atomic E-state index is 13.8. The standard InChI is InChI=1S/C20H20FN3O3S/c1-20(2)11-16(13-8-9-15(21)17(10-13)27-3)22-24(12-20)19-14-6-4-5-7-18(14)28(25,26)23-19/h4-10H,11-12H2,1-3H3. The summed E-state index contributed by atoms with van der Waals surface area (Å²) in [6.45, 7) is 4.66. The first-order chi connectivity index (χ1) is 13.2. The second-order valence-corrected chi connectivity index (χ2v) is 9.25. The molecule has 146 valence electrons. The Hall–Kier alpha value is -2.74. The van der Waals surface area contributed by atoms with Crippen LogP contribution in [0.1, 0.15) is 31.4 Å². The van der Waals surface area contributed by atoms with Crippen LogP contribution in [-0.4, -0.2) is 38.6 Å². The molecule has 0 saturated carbocycles. The number of nitrogens with zero attached hydrogens (tertiary/aromatic N) is 3. The second kappa shape index (κ2) is 6.41. The Morgan fingerprint density at radius 2 is 1.93 bits per heavy atom. The lowest BCUT2D eigenvalue weighted by Crippen LogP contribution is -2.41. The molecule has 0 radical (unpaired) electrons. The van der Waals surface area contributed by atoms with Crippen LogP contribution >= 0.6 is 0 Å². The van der Waals surface area contributed by atoms with Crippen molar-refractivity contribution >= 4 is 21.6 Å². The maximum absolute atomic E-state index is 13.8. The molecule has 2 aromatic rings. The third kappa shape index (κ3) is 3.17. The Kier molecular flexibility index (Phi) is 4.26. The lowest BCUT2D eigenvalue weighted by molar-refractivity contribution is 0.246.